The molecule has 70 heavy (non-hydrogen) atoms. The largest absolute Gasteiger partial charge is 0.798 e. The number of methoxy groups -OCH3 is 1. The average molecular weight is 1000 g/mol. The van der Waals surface area contributed by atoms with Crippen LogP contribution in [0.3, 0.4) is 0 Å². The number of carboxylic acids is 1. The van der Waals surface area contributed by atoms with Crippen LogP contribution >= 0.6 is 0 Å². The Morgan fingerprint density at radius 1 is 0.914 bits per heavy atom. The molecule has 4 fully saturated rings. The number of aryl methyl sites for hydroxylation is 1. The van der Waals surface area contributed by atoms with Crippen molar-refractivity contribution >= 4 is 53.0 Å². The van der Waals surface area contributed by atoms with Gasteiger partial charge < -0.3 is 49.6 Å². The molecule has 2 saturated carbocycles. The van der Waals surface area contributed by atoms with Crippen molar-refractivity contribution in [2.24, 2.45) is 17.6 Å². The van der Waals surface area contributed by atoms with Gasteiger partial charge in [0.05, 0.1) is 54.5 Å². The third-order valence-corrected chi connectivity index (χ3v) is 12.7. The maximum Gasteiger partial charge on any atom is 0.798 e. The number of amides is 1. The Morgan fingerprint density at radius 2 is 1.44 bits per heavy atom. The van der Waals surface area contributed by atoms with Crippen LogP contribution in [0.1, 0.15) is 85.8 Å². The van der Waals surface area contributed by atoms with Crippen LogP contribution < -0.4 is 36.9 Å². The van der Waals surface area contributed by atoms with E-state index in [0.717, 1.165) is 23.0 Å². The number of ether oxygens (including phenoxy) is 2. The first-order chi connectivity index (χ1) is 32.6. The van der Waals surface area contributed by atoms with Gasteiger partial charge in [0.15, 0.2) is 23.2 Å². The molecule has 4 aliphatic rings. The Morgan fingerprint density at radius 3 is 1.94 bits per heavy atom. The van der Waals surface area contributed by atoms with Crippen molar-refractivity contribution in [3.8, 4) is 5.75 Å². The zero-order chi connectivity index (χ0) is 52.1. The first-order valence-corrected chi connectivity index (χ1v) is 22.0. The Labute approximate surface area is 394 Å². The lowest BCUT2D eigenvalue weighted by molar-refractivity contribution is 0.0440. The maximum atomic E-state index is 15.2. The van der Waals surface area contributed by atoms with E-state index in [1.807, 2.05) is 6.92 Å². The maximum absolute atomic E-state index is 15.2. The van der Waals surface area contributed by atoms with Gasteiger partial charge in [0.2, 0.25) is 10.9 Å². The summed E-state index contributed by atoms with van der Waals surface area (Å²) < 4.78 is 137. The number of aromatic carboxylic acids is 1. The quantitative estimate of drug-likeness (QED) is 0.0976. The standard InChI is InChI=1S/C20H22F3N3O4.C14H9BF5NO3.C11H21FN2O2/c1-20(24)8-25(6-9(20)5-21)16-13(23)3-10-15(18(16)30-2)26(14-4-12(14)22)7-11(17(10)27)19(28)29;1-5-11(18)9(17)2-6-12(5)21(10-3-8(10)16)4-7(13(6)22)14(23)24-15(19)20;1-10(2,3)16-9(15)14-11(4)7-13-6-8(11)5-12/h3,7,9,12,14H,4-6,8,24H2,1-2H3,(H,28,29);2,4,8,10H,3H2,1H3;8,13H,5-7H2,1-4H3,(H,14,15)/t9-,12-,14+,20+;8-,10+;8-,11+/m000/s1. The summed E-state index contributed by atoms with van der Waals surface area (Å²) in [6.07, 6.45) is -0.904. The van der Waals surface area contributed by atoms with Crippen molar-refractivity contribution in [3.63, 3.8) is 0 Å². The Hall–Kier alpha value is -5.98. The number of halogens is 9. The second-order valence-electron chi connectivity index (χ2n) is 19.3. The fourth-order valence-corrected chi connectivity index (χ4v) is 8.69. The van der Waals surface area contributed by atoms with Gasteiger partial charge in [0, 0.05) is 79.7 Å². The minimum atomic E-state index is -3.46. The predicted molar refractivity (Wildman–Crippen MR) is 239 cm³/mol. The van der Waals surface area contributed by atoms with Gasteiger partial charge in [-0.3, -0.25) is 18.4 Å². The lowest BCUT2D eigenvalue weighted by atomic mass is 9.90. The predicted octanol–water partition coefficient (Wildman–Crippen LogP) is 6.66. The highest BCUT2D eigenvalue weighted by Crippen LogP contribution is 2.47. The molecule has 15 nitrogen and oxygen atoms in total. The topological polar surface area (TPSA) is 196 Å². The summed E-state index contributed by atoms with van der Waals surface area (Å²) in [5.41, 5.74) is 0.599. The number of carbonyl (C=O) groups is 3. The first-order valence-electron chi connectivity index (χ1n) is 22.0. The summed E-state index contributed by atoms with van der Waals surface area (Å²) >= 11 is 0. The van der Waals surface area contributed by atoms with Crippen LogP contribution in [0.2, 0.25) is 0 Å². The first kappa shape index (κ1) is 53.4. The van der Waals surface area contributed by atoms with Gasteiger partial charge >= 0.3 is 25.5 Å². The molecule has 0 unspecified atom stereocenters. The number of nitrogens with zero attached hydrogens (tertiary/aromatic N) is 3. The molecule has 5 N–H and O–H groups in total. The van der Waals surface area contributed by atoms with E-state index >= 15 is 4.39 Å². The van der Waals surface area contributed by atoms with Crippen LogP contribution in [0.15, 0.2) is 34.1 Å². The third kappa shape index (κ3) is 10.8. The van der Waals surface area contributed by atoms with E-state index in [4.69, 9.17) is 15.2 Å². The van der Waals surface area contributed by atoms with Gasteiger partial charge in [-0.2, -0.15) is 0 Å². The van der Waals surface area contributed by atoms with E-state index in [0.29, 0.717) is 19.2 Å². The van der Waals surface area contributed by atoms with E-state index in [9.17, 15) is 64.1 Å². The van der Waals surface area contributed by atoms with Crippen LogP contribution in [0, 0.1) is 36.2 Å². The molecule has 2 saturated heterocycles. The number of carboxylic acid groups (broad SMARTS) is 1. The number of alkyl carbamates (subject to hydrolysis) is 1. The number of nitrogens with one attached hydrogen (secondary N) is 2. The third-order valence-electron chi connectivity index (χ3n) is 12.7. The fraction of sp³-hybridized carbons (Fsp3) is 0.533. The molecular weight excluding hydrogens is 950 g/mol. The van der Waals surface area contributed by atoms with Gasteiger partial charge in [-0.15, -0.1) is 0 Å². The summed E-state index contributed by atoms with van der Waals surface area (Å²) in [5.74, 6) is -7.25. The molecule has 0 radical (unpaired) electrons. The molecule has 2 aromatic carbocycles. The van der Waals surface area contributed by atoms with Crippen molar-refractivity contribution in [2.45, 2.75) is 95.5 Å². The molecule has 1 amide bonds. The van der Waals surface area contributed by atoms with Crippen LogP contribution in [-0.2, 0) is 9.39 Å². The van der Waals surface area contributed by atoms with Gasteiger partial charge in [-0.25, -0.2) is 45.0 Å². The summed E-state index contributed by atoms with van der Waals surface area (Å²) in [5, 5.41) is 14.6. The highest BCUT2D eigenvalue weighted by Gasteiger charge is 2.45. The number of hydrogen-bond acceptors (Lipinski definition) is 11. The molecule has 0 bridgehead atoms. The number of pyridine rings is 2. The zero-order valence-corrected chi connectivity index (χ0v) is 39.0. The van der Waals surface area contributed by atoms with Gasteiger partial charge in [0.1, 0.15) is 34.8 Å². The molecule has 382 valence electrons. The summed E-state index contributed by atoms with van der Waals surface area (Å²) in [6, 6.07) is 0.0146. The smallest absolute Gasteiger partial charge is 0.492 e. The SMILES string of the molecule is CC(C)(C)OC(=O)N[C@]1(C)CNC[C@@H]1CF.COc1c(N2C[C@H](CF)[C@](C)(N)C2)c(F)cc2c(=O)c(C(=O)O)cn([C@@H]3C[C@@H]3F)c12.Cc1c(F)c(F)cc2c(=O)c(C(=O)OB(F)F)cn([C@@H]3C[C@@H]3F)c12. The number of benzene rings is 2. The van der Waals surface area contributed by atoms with E-state index in [1.54, 1.807) is 32.6 Å². The summed E-state index contributed by atoms with van der Waals surface area (Å²) in [6.45, 7) is 10.4. The molecular formula is C45H52BF9N6O9. The highest BCUT2D eigenvalue weighted by molar-refractivity contribution is 6.38. The van der Waals surface area contributed by atoms with Crippen molar-refractivity contribution in [2.75, 3.05) is 51.5 Å². The summed E-state index contributed by atoms with van der Waals surface area (Å²) in [4.78, 5) is 61.3. The summed E-state index contributed by atoms with van der Waals surface area (Å²) in [7, 11) is -2.18. The zero-order valence-electron chi connectivity index (χ0n) is 39.0. The minimum absolute atomic E-state index is 0.00934. The molecule has 8 rings (SSSR count). The van der Waals surface area contributed by atoms with Gasteiger partial charge in [0.25, 0.3) is 0 Å². The number of hydrogen-bond donors (Lipinski definition) is 4. The number of nitrogens with two attached hydrogens (primary N) is 1. The number of fused-ring (bicyclic) bond motifs is 2. The molecule has 25 heteroatoms. The van der Waals surface area contributed by atoms with Crippen molar-refractivity contribution in [1.82, 2.24) is 19.8 Å². The second kappa shape index (κ2) is 20.0. The number of carbonyl (C=O) groups excluding carboxylic acids is 2. The number of rotatable bonds is 10. The normalized spacial score (nSPS) is 25.6. The average Bonchev–Trinajstić information content (AvgIpc) is 4.11. The number of aromatic nitrogens is 2. The second-order valence-corrected chi connectivity index (χ2v) is 19.3. The van der Waals surface area contributed by atoms with Crippen LogP contribution in [0.25, 0.3) is 21.8 Å². The fourth-order valence-electron chi connectivity index (χ4n) is 8.69. The Balaban J connectivity index is 0.000000181. The van der Waals surface area contributed by atoms with Crippen molar-refractivity contribution in [3.05, 3.63) is 79.1 Å². The molecule has 0 spiro atoms. The van der Waals surface area contributed by atoms with Crippen molar-refractivity contribution < 1.29 is 73.0 Å². The van der Waals surface area contributed by atoms with Crippen LogP contribution in [0.4, 0.5) is 49.8 Å². The lowest BCUT2D eigenvalue weighted by Gasteiger charge is -2.31. The molecule has 2 aromatic heterocycles. The van der Waals surface area contributed by atoms with E-state index in [2.05, 4.69) is 15.3 Å². The molecule has 4 heterocycles. The Kier molecular flexibility index (Phi) is 15.3. The van der Waals surface area contributed by atoms with E-state index in [-0.39, 0.29) is 65.3 Å². The highest BCUT2D eigenvalue weighted by atomic mass is 19.2. The van der Waals surface area contributed by atoms with Gasteiger partial charge in [-0.05, 0) is 53.7 Å². The molecule has 2 aliphatic carbocycles. The monoisotopic (exact) mass is 1000 g/mol. The van der Waals surface area contributed by atoms with E-state index in [1.165, 1.54) is 18.6 Å². The number of alkyl halides is 4. The van der Waals surface area contributed by atoms with Gasteiger partial charge in [-0.1, -0.05) is 0 Å². The molecule has 8 atom stereocenters. The Bertz CT molecular complexity index is 2830. The van der Waals surface area contributed by atoms with E-state index < -0.39 is 131 Å². The minimum Gasteiger partial charge on any atom is -0.492 e. The van der Waals surface area contributed by atoms with Crippen molar-refractivity contribution in [1.29, 1.82) is 0 Å². The molecule has 4 aromatic rings. The van der Waals surface area contributed by atoms with Crippen LogP contribution in [-0.4, -0.2) is 115 Å². The lowest BCUT2D eigenvalue weighted by Crippen LogP contribution is -2.53. The molecule has 2 aliphatic heterocycles. The van der Waals surface area contributed by atoms with Crippen LogP contribution in [0.5, 0.6) is 5.75 Å². The number of anilines is 1.